The number of nitrogens with one attached hydrogen (secondary N) is 1. The summed E-state index contributed by atoms with van der Waals surface area (Å²) in [5.41, 5.74) is 0.964. The van der Waals surface area contributed by atoms with Crippen LogP contribution in [0, 0.1) is 0 Å². The number of aromatic nitrogens is 2. The molecule has 1 aromatic heterocycles. The van der Waals surface area contributed by atoms with Crippen molar-refractivity contribution in [1.82, 2.24) is 9.97 Å². The van der Waals surface area contributed by atoms with Gasteiger partial charge in [-0.2, -0.15) is 4.98 Å². The number of nitrogens with zero attached hydrogens (tertiary/aromatic N) is 2. The van der Waals surface area contributed by atoms with Crippen LogP contribution in [0.25, 0.3) is 0 Å². The van der Waals surface area contributed by atoms with E-state index >= 15 is 0 Å². The van der Waals surface area contributed by atoms with E-state index in [0.717, 1.165) is 15.5 Å². The number of hydrogen-bond acceptors (Lipinski definition) is 4. The van der Waals surface area contributed by atoms with Gasteiger partial charge in [-0.05, 0) is 53.0 Å². The molecule has 0 aliphatic heterocycles. The van der Waals surface area contributed by atoms with Crippen LogP contribution in [-0.4, -0.2) is 23.3 Å². The lowest BCUT2D eigenvalue weighted by Crippen LogP contribution is -2.10. The third-order valence-electron chi connectivity index (χ3n) is 2.45. The Morgan fingerprint density at radius 3 is 2.68 bits per heavy atom. The first-order valence-electron chi connectivity index (χ1n) is 5.47. The van der Waals surface area contributed by atoms with Crippen LogP contribution in [0.2, 0.25) is 5.28 Å². The molecule has 0 unspecified atom stereocenters. The van der Waals surface area contributed by atoms with Crippen molar-refractivity contribution in [3.63, 3.8) is 0 Å². The van der Waals surface area contributed by atoms with Crippen molar-refractivity contribution in [3.05, 3.63) is 40.2 Å². The standard InChI is InChI=1S/C12H12BrClN3PS/c1-18(2,19)10-6-4-3-5-9(10)16-11-8(13)7-15-12(14)17-11/h3-7H,1-2H3,(H,15,16,17). The molecule has 0 radical (unpaired) electrons. The molecule has 0 saturated carbocycles. The molecule has 3 nitrogen and oxygen atoms in total. The number of anilines is 2. The van der Waals surface area contributed by atoms with Crippen molar-refractivity contribution in [1.29, 1.82) is 0 Å². The quantitative estimate of drug-likeness (QED) is 0.649. The molecular weight excluding hydrogens is 365 g/mol. The Hall–Kier alpha value is -0.480. The lowest BCUT2D eigenvalue weighted by molar-refractivity contribution is 1.15. The van der Waals surface area contributed by atoms with Crippen LogP contribution in [0.4, 0.5) is 11.5 Å². The van der Waals surface area contributed by atoms with Crippen LogP contribution in [-0.2, 0) is 11.8 Å². The summed E-state index contributed by atoms with van der Waals surface area (Å²) < 4.78 is 0.757. The van der Waals surface area contributed by atoms with Crippen molar-refractivity contribution < 1.29 is 0 Å². The Labute approximate surface area is 130 Å². The average Bonchev–Trinajstić information content (AvgIpc) is 2.33. The second kappa shape index (κ2) is 5.88. The van der Waals surface area contributed by atoms with Gasteiger partial charge in [0.25, 0.3) is 0 Å². The molecule has 1 heterocycles. The highest BCUT2D eigenvalue weighted by Crippen LogP contribution is 2.39. The Bertz CT molecular complexity index is 659. The van der Waals surface area contributed by atoms with E-state index in [1.807, 2.05) is 18.2 Å². The molecule has 1 N–H and O–H groups in total. The molecule has 2 rings (SSSR count). The third-order valence-corrected chi connectivity index (χ3v) is 5.35. The van der Waals surface area contributed by atoms with Gasteiger partial charge < -0.3 is 5.32 Å². The van der Waals surface area contributed by atoms with Gasteiger partial charge in [-0.25, -0.2) is 4.98 Å². The molecule has 19 heavy (non-hydrogen) atoms. The minimum absolute atomic E-state index is 0.204. The van der Waals surface area contributed by atoms with Crippen molar-refractivity contribution in [2.75, 3.05) is 18.6 Å². The highest BCUT2D eigenvalue weighted by atomic mass is 79.9. The van der Waals surface area contributed by atoms with Crippen molar-refractivity contribution in [2.45, 2.75) is 0 Å². The minimum Gasteiger partial charge on any atom is -0.339 e. The maximum absolute atomic E-state index is 5.82. The lowest BCUT2D eigenvalue weighted by Gasteiger charge is -2.17. The number of hydrogen-bond donors (Lipinski definition) is 1. The van der Waals surface area contributed by atoms with E-state index in [1.165, 1.54) is 0 Å². The largest absolute Gasteiger partial charge is 0.339 e. The summed E-state index contributed by atoms with van der Waals surface area (Å²) in [7, 11) is 0. The van der Waals surface area contributed by atoms with Crippen LogP contribution < -0.4 is 10.6 Å². The number of rotatable bonds is 3. The summed E-state index contributed by atoms with van der Waals surface area (Å²) in [5.74, 6) is 0.635. The van der Waals surface area contributed by atoms with Crippen molar-refractivity contribution >= 4 is 62.2 Å². The molecular formula is C12H12BrClN3PS. The fourth-order valence-electron chi connectivity index (χ4n) is 1.61. The second-order valence-corrected chi connectivity index (χ2v) is 11.4. The molecule has 0 saturated heterocycles. The Balaban J connectivity index is 2.44. The fraction of sp³-hybridized carbons (Fsp3) is 0.167. The third kappa shape index (κ3) is 3.76. The van der Waals surface area contributed by atoms with Gasteiger partial charge in [0.2, 0.25) is 5.28 Å². The first-order valence-corrected chi connectivity index (χ1v) is 10.3. The minimum atomic E-state index is -1.54. The Morgan fingerprint density at radius 2 is 2.00 bits per heavy atom. The molecule has 0 spiro atoms. The lowest BCUT2D eigenvalue weighted by atomic mass is 10.3. The van der Waals surface area contributed by atoms with E-state index < -0.39 is 6.04 Å². The van der Waals surface area contributed by atoms with E-state index in [4.69, 9.17) is 23.4 Å². The molecule has 2 aromatic rings. The van der Waals surface area contributed by atoms with Crippen LogP contribution in [0.1, 0.15) is 0 Å². The van der Waals surface area contributed by atoms with Gasteiger partial charge in [0.15, 0.2) is 0 Å². The molecule has 100 valence electrons. The van der Waals surface area contributed by atoms with E-state index in [0.29, 0.717) is 5.82 Å². The second-order valence-electron chi connectivity index (χ2n) is 4.33. The average molecular weight is 377 g/mol. The number of benzene rings is 1. The molecule has 7 heteroatoms. The van der Waals surface area contributed by atoms with E-state index in [2.05, 4.69) is 50.6 Å². The smallest absolute Gasteiger partial charge is 0.224 e. The van der Waals surface area contributed by atoms with E-state index in [9.17, 15) is 0 Å². The van der Waals surface area contributed by atoms with E-state index in [-0.39, 0.29) is 5.28 Å². The van der Waals surface area contributed by atoms with Gasteiger partial charge in [-0.1, -0.05) is 30.0 Å². The summed E-state index contributed by atoms with van der Waals surface area (Å²) in [4.78, 5) is 8.07. The normalized spacial score (nSPS) is 11.4. The summed E-state index contributed by atoms with van der Waals surface area (Å²) in [6.07, 6.45) is 1.62. The fourth-order valence-corrected chi connectivity index (χ4v) is 3.67. The first-order chi connectivity index (χ1) is 8.88. The number of halogens is 2. The van der Waals surface area contributed by atoms with Crippen LogP contribution in [0.5, 0.6) is 0 Å². The Kier molecular flexibility index (Phi) is 4.62. The predicted molar refractivity (Wildman–Crippen MR) is 90.2 cm³/mol. The predicted octanol–water partition coefficient (Wildman–Crippen LogP) is 4.00. The van der Waals surface area contributed by atoms with Crippen LogP contribution >= 0.6 is 33.6 Å². The molecule has 0 fully saturated rings. The Morgan fingerprint density at radius 1 is 1.32 bits per heavy atom. The van der Waals surface area contributed by atoms with Gasteiger partial charge >= 0.3 is 0 Å². The summed E-state index contributed by atoms with van der Waals surface area (Å²) in [6, 6.07) is 6.47. The SMILES string of the molecule is CP(C)(=S)c1ccccc1Nc1nc(Cl)ncc1Br. The first kappa shape index (κ1) is 14.9. The highest BCUT2D eigenvalue weighted by Gasteiger charge is 2.13. The summed E-state index contributed by atoms with van der Waals surface area (Å²) in [5, 5.41) is 4.62. The van der Waals surface area contributed by atoms with Crippen molar-refractivity contribution in [3.8, 4) is 0 Å². The molecule has 1 aromatic carbocycles. The number of para-hydroxylation sites is 1. The highest BCUT2D eigenvalue weighted by molar-refractivity contribution is 9.10. The maximum atomic E-state index is 5.82. The maximum Gasteiger partial charge on any atom is 0.224 e. The monoisotopic (exact) mass is 375 g/mol. The molecule has 0 atom stereocenters. The van der Waals surface area contributed by atoms with Gasteiger partial charge in [-0.15, -0.1) is 0 Å². The molecule has 0 bridgehead atoms. The van der Waals surface area contributed by atoms with Gasteiger partial charge in [0.05, 0.1) is 4.47 Å². The molecule has 0 aliphatic carbocycles. The van der Waals surface area contributed by atoms with Crippen LogP contribution in [0.15, 0.2) is 34.9 Å². The summed E-state index contributed by atoms with van der Waals surface area (Å²) in [6.45, 7) is 4.20. The van der Waals surface area contributed by atoms with Gasteiger partial charge in [0.1, 0.15) is 5.82 Å². The van der Waals surface area contributed by atoms with Gasteiger partial charge in [-0.3, -0.25) is 0 Å². The van der Waals surface area contributed by atoms with Crippen LogP contribution in [0.3, 0.4) is 0 Å². The zero-order valence-corrected chi connectivity index (χ0v) is 14.4. The summed E-state index contributed by atoms with van der Waals surface area (Å²) >= 11 is 14.8. The zero-order chi connectivity index (χ0) is 14.0. The van der Waals surface area contributed by atoms with Crippen molar-refractivity contribution in [2.24, 2.45) is 0 Å². The topological polar surface area (TPSA) is 37.8 Å². The van der Waals surface area contributed by atoms with Gasteiger partial charge in [0, 0.05) is 17.2 Å². The van der Waals surface area contributed by atoms with E-state index in [1.54, 1.807) is 6.20 Å². The zero-order valence-electron chi connectivity index (χ0n) is 10.4. The molecule has 0 amide bonds. The molecule has 0 aliphatic rings.